The lowest BCUT2D eigenvalue weighted by atomic mass is 10.3. The molecule has 0 bridgehead atoms. The largest absolute Gasteiger partial charge is 0.153 e. The second-order valence-electron chi connectivity index (χ2n) is 1.73. The molecule has 1 aliphatic rings. The van der Waals surface area contributed by atoms with Crippen LogP contribution in [0.3, 0.4) is 0 Å². The van der Waals surface area contributed by atoms with Crippen molar-refractivity contribution < 1.29 is 0 Å². The molecule has 1 heterocycles. The van der Waals surface area contributed by atoms with Gasteiger partial charge >= 0.3 is 0 Å². The van der Waals surface area contributed by atoms with Crippen LogP contribution in [0.25, 0.3) is 0 Å². The molecule has 1 unspecified atom stereocenters. The highest BCUT2D eigenvalue weighted by Crippen LogP contribution is 2.22. The maximum atomic E-state index is 5.02. The van der Waals surface area contributed by atoms with Crippen molar-refractivity contribution in [3.8, 4) is 0 Å². The van der Waals surface area contributed by atoms with Crippen molar-refractivity contribution in [1.82, 2.24) is 0 Å². The quantitative estimate of drug-likeness (QED) is 0.462. The van der Waals surface area contributed by atoms with E-state index in [0.717, 1.165) is 0 Å². The van der Waals surface area contributed by atoms with Crippen molar-refractivity contribution in [3.05, 3.63) is 0 Å². The fourth-order valence-corrected chi connectivity index (χ4v) is 2.06. The fourth-order valence-electron chi connectivity index (χ4n) is 0.633. The molecule has 1 rings (SSSR count). The van der Waals surface area contributed by atoms with Gasteiger partial charge in [-0.3, -0.25) is 0 Å². The molecule has 0 radical (unpaired) electrons. The third-order valence-corrected chi connectivity index (χ3v) is 3.10. The summed E-state index contributed by atoms with van der Waals surface area (Å²) < 4.78 is 0. The number of rotatable bonds is 0. The lowest BCUT2D eigenvalue weighted by Gasteiger charge is -1.94. The molecule has 0 aromatic carbocycles. The van der Waals surface area contributed by atoms with E-state index >= 15 is 0 Å². The van der Waals surface area contributed by atoms with Gasteiger partial charge in [-0.2, -0.15) is 11.8 Å². The monoisotopic (exact) mass is 132 g/mol. The number of hydrogen-bond acceptors (Lipinski definition) is 2. The predicted molar refractivity (Wildman–Crippen MR) is 39.1 cm³/mol. The van der Waals surface area contributed by atoms with Gasteiger partial charge in [-0.1, -0.05) is 12.2 Å². The maximum absolute atomic E-state index is 5.02. The van der Waals surface area contributed by atoms with Crippen molar-refractivity contribution >= 4 is 28.8 Å². The van der Waals surface area contributed by atoms with E-state index in [-0.39, 0.29) is 0 Å². The molecule has 7 heavy (non-hydrogen) atoms. The topological polar surface area (TPSA) is 0 Å². The average Bonchev–Trinajstić information content (AvgIpc) is 1.91. The fraction of sp³-hybridized carbons (Fsp3) is 0.800. The van der Waals surface area contributed by atoms with E-state index < -0.39 is 0 Å². The standard InChI is InChI=1S/C5H8S2/c1-4-5(6)2-3-7-4/h4H,2-3H2,1H3. The van der Waals surface area contributed by atoms with E-state index in [4.69, 9.17) is 12.2 Å². The summed E-state index contributed by atoms with van der Waals surface area (Å²) in [5, 5.41) is 0.662. The summed E-state index contributed by atoms with van der Waals surface area (Å²) in [6.07, 6.45) is 1.17. The summed E-state index contributed by atoms with van der Waals surface area (Å²) in [7, 11) is 0. The summed E-state index contributed by atoms with van der Waals surface area (Å²) in [4.78, 5) is 1.25. The summed E-state index contributed by atoms with van der Waals surface area (Å²) >= 11 is 6.98. The molecule has 0 aromatic rings. The van der Waals surface area contributed by atoms with Crippen molar-refractivity contribution in [2.45, 2.75) is 18.6 Å². The summed E-state index contributed by atoms with van der Waals surface area (Å²) in [5.74, 6) is 1.25. The van der Waals surface area contributed by atoms with E-state index in [1.807, 2.05) is 11.8 Å². The molecule has 0 aromatic heterocycles. The van der Waals surface area contributed by atoms with Crippen LogP contribution in [0.5, 0.6) is 0 Å². The third kappa shape index (κ3) is 1.16. The average molecular weight is 132 g/mol. The van der Waals surface area contributed by atoms with Crippen LogP contribution in [0.1, 0.15) is 13.3 Å². The Balaban J connectivity index is 2.48. The zero-order valence-corrected chi connectivity index (χ0v) is 5.94. The molecular weight excluding hydrogens is 124 g/mol. The Bertz CT molecular complexity index is 88.1. The molecule has 0 saturated carbocycles. The van der Waals surface area contributed by atoms with Gasteiger partial charge in [-0.25, -0.2) is 0 Å². The Morgan fingerprint density at radius 3 is 2.71 bits per heavy atom. The zero-order chi connectivity index (χ0) is 5.28. The van der Waals surface area contributed by atoms with Crippen LogP contribution in [0, 0.1) is 0 Å². The lowest BCUT2D eigenvalue weighted by molar-refractivity contribution is 1.30. The van der Waals surface area contributed by atoms with Crippen LogP contribution in [0.2, 0.25) is 0 Å². The highest BCUT2D eigenvalue weighted by Gasteiger charge is 2.14. The van der Waals surface area contributed by atoms with Gasteiger partial charge in [0.1, 0.15) is 0 Å². The first kappa shape index (κ1) is 5.57. The predicted octanol–water partition coefficient (Wildman–Crippen LogP) is 1.88. The molecule has 0 spiro atoms. The molecule has 0 nitrogen and oxygen atoms in total. The van der Waals surface area contributed by atoms with Gasteiger partial charge in [0, 0.05) is 10.1 Å². The van der Waals surface area contributed by atoms with Gasteiger partial charge in [0.25, 0.3) is 0 Å². The minimum absolute atomic E-state index is 0.662. The summed E-state index contributed by atoms with van der Waals surface area (Å²) in [6, 6.07) is 0. The Morgan fingerprint density at radius 1 is 1.86 bits per heavy atom. The lowest BCUT2D eigenvalue weighted by Crippen LogP contribution is -2.00. The SMILES string of the molecule is CC1SCCC1=S. The Labute approximate surface area is 53.7 Å². The van der Waals surface area contributed by atoms with E-state index in [1.165, 1.54) is 17.0 Å². The van der Waals surface area contributed by atoms with Gasteiger partial charge in [-0.05, 0) is 19.1 Å². The van der Waals surface area contributed by atoms with Gasteiger partial charge in [0.15, 0.2) is 0 Å². The first-order chi connectivity index (χ1) is 3.30. The number of thiocarbonyl (C=S) groups is 1. The molecule has 40 valence electrons. The molecule has 0 N–H and O–H groups in total. The normalized spacial score (nSPS) is 31.6. The van der Waals surface area contributed by atoms with Crippen molar-refractivity contribution in [1.29, 1.82) is 0 Å². The zero-order valence-electron chi connectivity index (χ0n) is 4.31. The molecule has 0 aliphatic carbocycles. The van der Waals surface area contributed by atoms with E-state index in [2.05, 4.69) is 6.92 Å². The second-order valence-corrected chi connectivity index (χ2v) is 3.70. The Kier molecular flexibility index (Phi) is 1.70. The van der Waals surface area contributed by atoms with Gasteiger partial charge in [0.05, 0.1) is 0 Å². The van der Waals surface area contributed by atoms with E-state index in [0.29, 0.717) is 5.25 Å². The Hall–Kier alpha value is 0.440. The molecule has 0 amide bonds. The number of thioether (sulfide) groups is 1. The maximum Gasteiger partial charge on any atom is 0.0333 e. The van der Waals surface area contributed by atoms with Crippen LogP contribution in [0.15, 0.2) is 0 Å². The molecule has 1 saturated heterocycles. The van der Waals surface area contributed by atoms with Gasteiger partial charge < -0.3 is 0 Å². The van der Waals surface area contributed by atoms with Crippen LogP contribution >= 0.6 is 24.0 Å². The third-order valence-electron chi connectivity index (χ3n) is 1.17. The van der Waals surface area contributed by atoms with E-state index in [9.17, 15) is 0 Å². The van der Waals surface area contributed by atoms with Crippen molar-refractivity contribution in [3.63, 3.8) is 0 Å². The van der Waals surface area contributed by atoms with Gasteiger partial charge in [-0.15, -0.1) is 0 Å². The molecule has 2 heteroatoms. The van der Waals surface area contributed by atoms with E-state index in [1.54, 1.807) is 0 Å². The number of hydrogen-bond donors (Lipinski definition) is 0. The molecule has 1 aliphatic heterocycles. The first-order valence-electron chi connectivity index (χ1n) is 2.45. The summed E-state index contributed by atoms with van der Waals surface area (Å²) in [6.45, 7) is 2.18. The highest BCUT2D eigenvalue weighted by atomic mass is 32.2. The smallest absolute Gasteiger partial charge is 0.0333 e. The van der Waals surface area contributed by atoms with Crippen LogP contribution in [0.4, 0.5) is 0 Å². The minimum atomic E-state index is 0.662. The van der Waals surface area contributed by atoms with Crippen LogP contribution < -0.4 is 0 Å². The van der Waals surface area contributed by atoms with Crippen LogP contribution in [-0.2, 0) is 0 Å². The highest BCUT2D eigenvalue weighted by molar-refractivity contribution is 8.02. The van der Waals surface area contributed by atoms with Crippen molar-refractivity contribution in [2.24, 2.45) is 0 Å². The summed E-state index contributed by atoms with van der Waals surface area (Å²) in [5.41, 5.74) is 0. The molecule has 1 atom stereocenters. The Morgan fingerprint density at radius 2 is 2.57 bits per heavy atom. The molecular formula is C5H8S2. The minimum Gasteiger partial charge on any atom is -0.153 e. The second kappa shape index (κ2) is 2.14. The van der Waals surface area contributed by atoms with Gasteiger partial charge in [0.2, 0.25) is 0 Å². The first-order valence-corrected chi connectivity index (χ1v) is 3.91. The molecule has 1 fully saturated rings. The van der Waals surface area contributed by atoms with Crippen LogP contribution in [-0.4, -0.2) is 15.9 Å². The van der Waals surface area contributed by atoms with Crippen molar-refractivity contribution in [2.75, 3.05) is 5.75 Å².